The number of hydrogen-bond donors (Lipinski definition) is 2. The van der Waals surface area contributed by atoms with E-state index in [1.807, 2.05) is 30.7 Å². The number of anilines is 3. The van der Waals surface area contributed by atoms with Crippen molar-refractivity contribution in [3.8, 4) is 0 Å². The molecule has 2 aliphatic heterocycles. The van der Waals surface area contributed by atoms with Gasteiger partial charge in [0.2, 0.25) is 5.95 Å². The van der Waals surface area contributed by atoms with Gasteiger partial charge in [0.1, 0.15) is 22.5 Å². The molecule has 2 N–H and O–H groups in total. The fraction of sp³-hybridized carbons (Fsp3) is 0.565. The number of aromatic nitrogens is 5. The Morgan fingerprint density at radius 1 is 1.30 bits per heavy atom. The van der Waals surface area contributed by atoms with E-state index in [0.29, 0.717) is 50.2 Å². The quantitative estimate of drug-likeness (QED) is 0.473. The van der Waals surface area contributed by atoms with Gasteiger partial charge in [-0.2, -0.15) is 10.1 Å². The highest BCUT2D eigenvalue weighted by molar-refractivity contribution is 5.90. The predicted molar refractivity (Wildman–Crippen MR) is 127 cm³/mol. The van der Waals surface area contributed by atoms with Crippen LogP contribution in [0.25, 0.3) is 11.0 Å². The molecular weight excluding hydrogens is 420 g/mol. The Morgan fingerprint density at radius 3 is 2.88 bits per heavy atom. The van der Waals surface area contributed by atoms with Crippen molar-refractivity contribution >= 4 is 28.6 Å². The number of hydrogen-bond acceptors (Lipinski definition) is 9. The van der Waals surface area contributed by atoms with E-state index in [1.165, 1.54) is 0 Å². The van der Waals surface area contributed by atoms with E-state index in [-0.39, 0.29) is 0 Å². The maximum absolute atomic E-state index is 5.60. The van der Waals surface area contributed by atoms with Crippen LogP contribution in [0.3, 0.4) is 0 Å². The lowest BCUT2D eigenvalue weighted by atomic mass is 10.0. The second-order valence-corrected chi connectivity index (χ2v) is 8.81. The molecular formula is C23H32N8O2. The van der Waals surface area contributed by atoms with Crippen molar-refractivity contribution in [3.63, 3.8) is 0 Å². The number of piperazine rings is 1. The molecule has 0 radical (unpaired) electrons. The largest absolute Gasteiger partial charge is 0.380 e. The van der Waals surface area contributed by atoms with Crippen LogP contribution in [0, 0.1) is 12.8 Å². The lowest BCUT2D eigenvalue weighted by molar-refractivity contribution is 0.136. The molecule has 0 aromatic carbocycles. The summed E-state index contributed by atoms with van der Waals surface area (Å²) in [5.74, 6) is 2.72. The minimum absolute atomic E-state index is 0.376. The summed E-state index contributed by atoms with van der Waals surface area (Å²) in [6.45, 7) is 10.4. The summed E-state index contributed by atoms with van der Waals surface area (Å²) in [5, 5.41) is 11.9. The van der Waals surface area contributed by atoms with Crippen LogP contribution in [0.2, 0.25) is 0 Å². The summed E-state index contributed by atoms with van der Waals surface area (Å²) in [4.78, 5) is 16.9. The third kappa shape index (κ3) is 4.14. The second kappa shape index (κ2) is 9.20. The fourth-order valence-electron chi connectivity index (χ4n) is 4.88. The van der Waals surface area contributed by atoms with Crippen LogP contribution < -0.4 is 15.5 Å². The van der Waals surface area contributed by atoms with E-state index in [2.05, 4.69) is 27.4 Å². The zero-order valence-electron chi connectivity index (χ0n) is 19.7. The summed E-state index contributed by atoms with van der Waals surface area (Å²) in [5.41, 5.74) is 3.56. The highest BCUT2D eigenvalue weighted by Crippen LogP contribution is 2.35. The van der Waals surface area contributed by atoms with Gasteiger partial charge in [-0.25, -0.2) is 9.97 Å². The van der Waals surface area contributed by atoms with Crippen LogP contribution in [-0.2, 0) is 22.6 Å². The summed E-state index contributed by atoms with van der Waals surface area (Å²) < 4.78 is 13.0. The van der Waals surface area contributed by atoms with Gasteiger partial charge >= 0.3 is 0 Å². The Balaban J connectivity index is 1.62. The van der Waals surface area contributed by atoms with Gasteiger partial charge < -0.3 is 25.0 Å². The van der Waals surface area contributed by atoms with Gasteiger partial charge in [-0.1, -0.05) is 6.92 Å². The van der Waals surface area contributed by atoms with E-state index in [1.54, 1.807) is 13.3 Å². The molecule has 2 fully saturated rings. The third-order valence-electron chi connectivity index (χ3n) is 6.62. The Hall–Kier alpha value is -2.82. The zero-order valence-corrected chi connectivity index (χ0v) is 19.7. The van der Waals surface area contributed by atoms with Crippen LogP contribution in [0.15, 0.2) is 18.3 Å². The molecule has 2 aliphatic rings. The first-order valence-electron chi connectivity index (χ1n) is 11.6. The van der Waals surface area contributed by atoms with Crippen molar-refractivity contribution in [2.24, 2.45) is 5.92 Å². The molecule has 33 heavy (non-hydrogen) atoms. The van der Waals surface area contributed by atoms with E-state index >= 15 is 0 Å². The van der Waals surface area contributed by atoms with Crippen molar-refractivity contribution < 1.29 is 9.47 Å². The Labute approximate surface area is 193 Å². The first kappa shape index (κ1) is 22.0. The van der Waals surface area contributed by atoms with Crippen LogP contribution in [-0.4, -0.2) is 70.2 Å². The molecule has 0 unspecified atom stereocenters. The number of methoxy groups -OCH3 is 1. The SMILES string of the molecule is CCOCCn1nc(COC)c2nc(N3C[C@H]4NC[C@@H]3[C@H]4C)nc(Nc3cc(C)ccn3)c21. The number of nitrogens with one attached hydrogen (secondary N) is 2. The first-order chi connectivity index (χ1) is 16.1. The van der Waals surface area contributed by atoms with E-state index in [4.69, 9.17) is 24.5 Å². The van der Waals surface area contributed by atoms with Crippen molar-refractivity contribution in [3.05, 3.63) is 29.6 Å². The van der Waals surface area contributed by atoms with Crippen molar-refractivity contribution in [1.82, 2.24) is 30.0 Å². The summed E-state index contributed by atoms with van der Waals surface area (Å²) in [6, 6.07) is 4.84. The lowest BCUT2D eigenvalue weighted by Gasteiger charge is -2.28. The minimum atomic E-state index is 0.376. The maximum atomic E-state index is 5.60. The molecule has 0 saturated carbocycles. The number of aryl methyl sites for hydroxylation is 1. The number of pyridine rings is 1. The van der Waals surface area contributed by atoms with Gasteiger partial charge in [0.05, 0.1) is 19.8 Å². The van der Waals surface area contributed by atoms with Crippen LogP contribution in [0.1, 0.15) is 25.1 Å². The summed E-state index contributed by atoms with van der Waals surface area (Å²) in [7, 11) is 1.68. The smallest absolute Gasteiger partial charge is 0.228 e. The zero-order chi connectivity index (χ0) is 22.9. The van der Waals surface area contributed by atoms with Gasteiger partial charge in [0, 0.05) is 45.1 Å². The van der Waals surface area contributed by atoms with E-state index in [0.717, 1.165) is 47.1 Å². The molecule has 5 heterocycles. The standard InChI is InChI=1S/C23H32N8O2/c1-5-33-9-8-31-21-20(17(29-31)13-32-4)27-23(30-12-16-15(3)18(30)11-25-16)28-22(21)26-19-10-14(2)6-7-24-19/h6-7,10,15-16,18,25H,5,8-9,11-13H2,1-4H3,(H,24,26,27,28)/t15-,16+,18+/m0/s1. The normalized spacial score (nSPS) is 21.9. The average molecular weight is 453 g/mol. The van der Waals surface area contributed by atoms with Gasteiger partial charge in [-0.05, 0) is 37.5 Å². The van der Waals surface area contributed by atoms with Crippen LogP contribution >= 0.6 is 0 Å². The van der Waals surface area contributed by atoms with E-state index < -0.39 is 0 Å². The second-order valence-electron chi connectivity index (χ2n) is 8.81. The summed E-state index contributed by atoms with van der Waals surface area (Å²) >= 11 is 0. The number of fused-ring (bicyclic) bond motifs is 3. The highest BCUT2D eigenvalue weighted by Gasteiger charge is 2.45. The average Bonchev–Trinajstić information content (AvgIpc) is 3.44. The predicted octanol–water partition coefficient (Wildman–Crippen LogP) is 2.25. The molecule has 0 amide bonds. The van der Waals surface area contributed by atoms with Crippen molar-refractivity contribution in [1.29, 1.82) is 0 Å². The molecule has 3 aromatic rings. The fourth-order valence-corrected chi connectivity index (χ4v) is 4.88. The minimum Gasteiger partial charge on any atom is -0.380 e. The molecule has 3 atom stereocenters. The van der Waals surface area contributed by atoms with Gasteiger partial charge in [0.25, 0.3) is 0 Å². The van der Waals surface area contributed by atoms with Gasteiger partial charge in [0.15, 0.2) is 5.82 Å². The monoisotopic (exact) mass is 452 g/mol. The molecule has 10 nitrogen and oxygen atoms in total. The molecule has 0 spiro atoms. The first-order valence-corrected chi connectivity index (χ1v) is 11.6. The molecule has 0 aliphatic carbocycles. The topological polar surface area (TPSA) is 102 Å². The molecule has 2 saturated heterocycles. The third-order valence-corrected chi connectivity index (χ3v) is 6.62. The van der Waals surface area contributed by atoms with Crippen molar-refractivity contribution in [2.45, 2.75) is 46.0 Å². The van der Waals surface area contributed by atoms with E-state index in [9.17, 15) is 0 Å². The van der Waals surface area contributed by atoms with Gasteiger partial charge in [-0.3, -0.25) is 4.68 Å². The molecule has 2 bridgehead atoms. The Kier molecular flexibility index (Phi) is 6.13. The van der Waals surface area contributed by atoms with Gasteiger partial charge in [-0.15, -0.1) is 0 Å². The molecule has 5 rings (SSSR count). The molecule has 176 valence electrons. The Morgan fingerprint density at radius 2 is 2.18 bits per heavy atom. The number of rotatable bonds is 9. The highest BCUT2D eigenvalue weighted by atomic mass is 16.5. The molecule has 10 heteroatoms. The van der Waals surface area contributed by atoms with Crippen LogP contribution in [0.4, 0.5) is 17.6 Å². The maximum Gasteiger partial charge on any atom is 0.228 e. The lowest BCUT2D eigenvalue weighted by Crippen LogP contribution is -2.44. The number of ether oxygens (including phenoxy) is 2. The number of nitrogens with zero attached hydrogens (tertiary/aromatic N) is 6. The molecule has 3 aromatic heterocycles. The van der Waals surface area contributed by atoms with Crippen molar-refractivity contribution in [2.75, 3.05) is 43.6 Å². The summed E-state index contributed by atoms with van der Waals surface area (Å²) in [6.07, 6.45) is 1.80. The van der Waals surface area contributed by atoms with Crippen LogP contribution in [0.5, 0.6) is 0 Å². The Bertz CT molecular complexity index is 1130.